The van der Waals surface area contributed by atoms with Crippen molar-refractivity contribution in [1.29, 1.82) is 0 Å². The van der Waals surface area contributed by atoms with Crippen LogP contribution in [0.3, 0.4) is 0 Å². The maximum atomic E-state index is 12.4. The summed E-state index contributed by atoms with van der Waals surface area (Å²) in [6.07, 6.45) is 11.7. The summed E-state index contributed by atoms with van der Waals surface area (Å²) in [5, 5.41) is 0. The molecule has 4 nitrogen and oxygen atoms in total. The van der Waals surface area contributed by atoms with Crippen LogP contribution >= 0.6 is 0 Å². The van der Waals surface area contributed by atoms with Crippen molar-refractivity contribution in [2.24, 2.45) is 5.92 Å². The number of likely N-dealkylation sites (tertiary alicyclic amines) is 2. The van der Waals surface area contributed by atoms with Crippen LogP contribution in [0.4, 0.5) is 0 Å². The molecule has 1 atom stereocenters. The van der Waals surface area contributed by atoms with Gasteiger partial charge in [-0.15, -0.1) is 0 Å². The summed E-state index contributed by atoms with van der Waals surface area (Å²) in [4.78, 5) is 28.8. The highest BCUT2D eigenvalue weighted by Gasteiger charge is 2.20. The smallest absolute Gasteiger partial charge is 0.222 e. The van der Waals surface area contributed by atoms with E-state index in [1.807, 2.05) is 9.80 Å². The molecule has 2 fully saturated rings. The molecule has 0 aromatic rings. The van der Waals surface area contributed by atoms with E-state index < -0.39 is 0 Å². The molecule has 0 N–H and O–H groups in total. The van der Waals surface area contributed by atoms with E-state index in [2.05, 4.69) is 6.92 Å². The largest absolute Gasteiger partial charge is 0.343 e. The number of carbonyl (C=O) groups excluding carboxylic acids is 2. The number of carbonyl (C=O) groups is 2. The first-order chi connectivity index (χ1) is 11.2. The molecule has 0 radical (unpaired) electrons. The average molecular weight is 322 g/mol. The molecule has 2 rings (SSSR count). The van der Waals surface area contributed by atoms with Crippen LogP contribution in [0.5, 0.6) is 0 Å². The zero-order valence-corrected chi connectivity index (χ0v) is 14.9. The van der Waals surface area contributed by atoms with E-state index in [0.717, 1.165) is 58.3 Å². The van der Waals surface area contributed by atoms with Crippen LogP contribution in [-0.4, -0.2) is 47.8 Å². The lowest BCUT2D eigenvalue weighted by Gasteiger charge is -2.23. The SMILES string of the molecule is CC(CCC(=O)N1CCCCCC1)CC(=O)N1CCCCCC1. The highest BCUT2D eigenvalue weighted by atomic mass is 16.2. The van der Waals surface area contributed by atoms with E-state index in [-0.39, 0.29) is 0 Å². The monoisotopic (exact) mass is 322 g/mol. The standard InChI is InChI=1S/C19H34N2O2/c1-17(16-19(23)21-14-8-4-5-9-15-21)10-11-18(22)20-12-6-2-3-7-13-20/h17H,2-16H2,1H3. The van der Waals surface area contributed by atoms with Gasteiger partial charge in [-0.3, -0.25) is 9.59 Å². The summed E-state index contributed by atoms with van der Waals surface area (Å²) < 4.78 is 0. The Morgan fingerprint density at radius 1 is 0.739 bits per heavy atom. The molecule has 2 amide bonds. The molecule has 0 spiro atoms. The van der Waals surface area contributed by atoms with Crippen LogP contribution in [0.1, 0.15) is 77.6 Å². The van der Waals surface area contributed by atoms with Crippen molar-refractivity contribution in [2.45, 2.75) is 77.6 Å². The van der Waals surface area contributed by atoms with Crippen LogP contribution in [0, 0.1) is 5.92 Å². The van der Waals surface area contributed by atoms with Gasteiger partial charge in [0.25, 0.3) is 0 Å². The highest BCUT2D eigenvalue weighted by Crippen LogP contribution is 2.17. The first kappa shape index (κ1) is 18.3. The predicted molar refractivity (Wildman–Crippen MR) is 93.1 cm³/mol. The average Bonchev–Trinajstić information content (AvgIpc) is 2.97. The van der Waals surface area contributed by atoms with E-state index in [4.69, 9.17) is 0 Å². The minimum absolute atomic E-state index is 0.293. The molecule has 2 aliphatic heterocycles. The van der Waals surface area contributed by atoms with E-state index >= 15 is 0 Å². The van der Waals surface area contributed by atoms with Gasteiger partial charge < -0.3 is 9.80 Å². The lowest BCUT2D eigenvalue weighted by molar-refractivity contribution is -0.134. The summed E-state index contributed by atoms with van der Waals surface area (Å²) in [5.41, 5.74) is 0. The first-order valence-corrected chi connectivity index (χ1v) is 9.72. The third kappa shape index (κ3) is 6.52. The van der Waals surface area contributed by atoms with Crippen molar-refractivity contribution in [2.75, 3.05) is 26.2 Å². The van der Waals surface area contributed by atoms with Gasteiger partial charge in [0.15, 0.2) is 0 Å². The van der Waals surface area contributed by atoms with Gasteiger partial charge in [-0.1, -0.05) is 32.6 Å². The number of amides is 2. The summed E-state index contributed by atoms with van der Waals surface area (Å²) in [7, 11) is 0. The summed E-state index contributed by atoms with van der Waals surface area (Å²) >= 11 is 0. The molecular formula is C19H34N2O2. The molecule has 0 aromatic heterocycles. The Kier molecular flexibility index (Phi) is 7.90. The lowest BCUT2D eigenvalue weighted by Crippen LogP contribution is -2.33. The lowest BCUT2D eigenvalue weighted by atomic mass is 10.0. The maximum Gasteiger partial charge on any atom is 0.222 e. The molecule has 0 aromatic carbocycles. The maximum absolute atomic E-state index is 12.4. The molecule has 132 valence electrons. The highest BCUT2D eigenvalue weighted by molar-refractivity contribution is 5.77. The fraction of sp³-hybridized carbons (Fsp3) is 0.895. The number of rotatable bonds is 5. The third-order valence-corrected chi connectivity index (χ3v) is 5.29. The van der Waals surface area contributed by atoms with Gasteiger partial charge in [0.2, 0.25) is 11.8 Å². The van der Waals surface area contributed by atoms with Crippen molar-refractivity contribution in [3.05, 3.63) is 0 Å². The molecule has 0 aliphatic carbocycles. The summed E-state index contributed by atoms with van der Waals surface area (Å²) in [6.45, 7) is 5.84. The van der Waals surface area contributed by atoms with Gasteiger partial charge in [0.1, 0.15) is 0 Å². The number of nitrogens with zero attached hydrogens (tertiary/aromatic N) is 2. The predicted octanol–water partition coefficient (Wildman–Crippen LogP) is 3.60. The Hall–Kier alpha value is -1.06. The van der Waals surface area contributed by atoms with Crippen LogP contribution in [0.15, 0.2) is 0 Å². The molecule has 2 aliphatic rings. The second-order valence-corrected chi connectivity index (χ2v) is 7.44. The van der Waals surface area contributed by atoms with Crippen LogP contribution in [0.2, 0.25) is 0 Å². The van der Waals surface area contributed by atoms with Gasteiger partial charge in [0, 0.05) is 39.0 Å². The van der Waals surface area contributed by atoms with Crippen molar-refractivity contribution >= 4 is 11.8 Å². The third-order valence-electron chi connectivity index (χ3n) is 5.29. The van der Waals surface area contributed by atoms with Crippen molar-refractivity contribution in [3.63, 3.8) is 0 Å². The van der Waals surface area contributed by atoms with E-state index in [0.29, 0.717) is 30.6 Å². The van der Waals surface area contributed by atoms with Gasteiger partial charge in [-0.2, -0.15) is 0 Å². The second-order valence-electron chi connectivity index (χ2n) is 7.44. The van der Waals surface area contributed by atoms with Gasteiger partial charge >= 0.3 is 0 Å². The Morgan fingerprint density at radius 3 is 1.65 bits per heavy atom. The van der Waals surface area contributed by atoms with Crippen molar-refractivity contribution in [1.82, 2.24) is 9.80 Å². The molecule has 0 saturated carbocycles. The Bertz CT molecular complexity index is 368. The van der Waals surface area contributed by atoms with E-state index in [1.165, 1.54) is 25.7 Å². The van der Waals surface area contributed by atoms with E-state index in [9.17, 15) is 9.59 Å². The van der Waals surface area contributed by atoms with Gasteiger partial charge in [0.05, 0.1) is 0 Å². The Labute approximate surface area is 141 Å². The van der Waals surface area contributed by atoms with Crippen LogP contribution in [-0.2, 0) is 9.59 Å². The second kappa shape index (κ2) is 9.94. The zero-order valence-electron chi connectivity index (χ0n) is 14.9. The Balaban J connectivity index is 1.68. The normalized spacial score (nSPS) is 21.4. The molecule has 4 heteroatoms. The summed E-state index contributed by atoms with van der Waals surface area (Å²) in [6, 6.07) is 0. The minimum Gasteiger partial charge on any atom is -0.343 e. The first-order valence-electron chi connectivity index (χ1n) is 9.72. The fourth-order valence-corrected chi connectivity index (χ4v) is 3.70. The van der Waals surface area contributed by atoms with Gasteiger partial charge in [-0.05, 0) is 38.0 Å². The number of hydrogen-bond donors (Lipinski definition) is 0. The molecular weight excluding hydrogens is 288 g/mol. The summed E-state index contributed by atoms with van der Waals surface area (Å²) in [5.74, 6) is 0.893. The van der Waals surface area contributed by atoms with Gasteiger partial charge in [-0.25, -0.2) is 0 Å². The minimum atomic E-state index is 0.293. The zero-order chi connectivity index (χ0) is 16.5. The topological polar surface area (TPSA) is 40.6 Å². The van der Waals surface area contributed by atoms with E-state index in [1.54, 1.807) is 0 Å². The number of hydrogen-bond acceptors (Lipinski definition) is 2. The fourth-order valence-electron chi connectivity index (χ4n) is 3.70. The molecule has 23 heavy (non-hydrogen) atoms. The molecule has 1 unspecified atom stereocenters. The Morgan fingerprint density at radius 2 is 1.17 bits per heavy atom. The van der Waals surface area contributed by atoms with Crippen LogP contribution < -0.4 is 0 Å². The molecule has 0 bridgehead atoms. The quantitative estimate of drug-likeness (QED) is 0.776. The molecule has 2 heterocycles. The van der Waals surface area contributed by atoms with Crippen molar-refractivity contribution < 1.29 is 9.59 Å². The van der Waals surface area contributed by atoms with Crippen LogP contribution in [0.25, 0.3) is 0 Å². The molecule has 2 saturated heterocycles. The van der Waals surface area contributed by atoms with Crippen molar-refractivity contribution in [3.8, 4) is 0 Å².